The summed E-state index contributed by atoms with van der Waals surface area (Å²) in [6.45, 7) is 1.53. The lowest BCUT2D eigenvalue weighted by molar-refractivity contribution is -0.144. The molecule has 0 N–H and O–H groups in total. The Labute approximate surface area is 123 Å². The van der Waals surface area contributed by atoms with Crippen molar-refractivity contribution in [2.75, 3.05) is 25.1 Å². The lowest BCUT2D eigenvalue weighted by Crippen LogP contribution is -2.23. The maximum absolute atomic E-state index is 11.5. The standard InChI is InChI=1S/C15H18ClNO3/c1-19-15(18)10-6-7-17(9-10)11-2-5-14(13(16)8-11)20-12-3-4-12/h2,5,8,10,12H,3-4,6-7,9H2,1H3. The van der Waals surface area contributed by atoms with Gasteiger partial charge in [-0.2, -0.15) is 0 Å². The van der Waals surface area contributed by atoms with Gasteiger partial charge in [-0.15, -0.1) is 0 Å². The summed E-state index contributed by atoms with van der Waals surface area (Å²) in [4.78, 5) is 13.7. The maximum Gasteiger partial charge on any atom is 0.310 e. The predicted molar refractivity (Wildman–Crippen MR) is 77.4 cm³/mol. The molecule has 1 atom stereocenters. The first-order valence-corrected chi connectivity index (χ1v) is 7.34. The molecule has 0 amide bonds. The number of carbonyl (C=O) groups is 1. The number of benzene rings is 1. The van der Waals surface area contributed by atoms with Gasteiger partial charge in [-0.25, -0.2) is 0 Å². The van der Waals surface area contributed by atoms with Crippen LogP contribution in [0.1, 0.15) is 19.3 Å². The van der Waals surface area contributed by atoms with Gasteiger partial charge in [0.05, 0.1) is 24.2 Å². The third-order valence-electron chi connectivity index (χ3n) is 3.82. The maximum atomic E-state index is 11.5. The molecule has 0 radical (unpaired) electrons. The van der Waals surface area contributed by atoms with Crippen molar-refractivity contribution >= 4 is 23.3 Å². The molecule has 0 aromatic heterocycles. The number of anilines is 1. The lowest BCUT2D eigenvalue weighted by atomic mass is 10.1. The van der Waals surface area contributed by atoms with E-state index in [0.717, 1.165) is 37.2 Å². The molecule has 1 aliphatic carbocycles. The fraction of sp³-hybridized carbons (Fsp3) is 0.533. The number of methoxy groups -OCH3 is 1. The average molecular weight is 296 g/mol. The van der Waals surface area contributed by atoms with Gasteiger partial charge in [0.2, 0.25) is 0 Å². The zero-order valence-corrected chi connectivity index (χ0v) is 12.2. The molecule has 1 aromatic rings. The van der Waals surface area contributed by atoms with E-state index in [1.165, 1.54) is 7.11 Å². The van der Waals surface area contributed by atoms with Crippen LogP contribution in [0.3, 0.4) is 0 Å². The molecule has 1 unspecified atom stereocenters. The second-order valence-electron chi connectivity index (χ2n) is 5.39. The topological polar surface area (TPSA) is 38.8 Å². The van der Waals surface area contributed by atoms with Crippen molar-refractivity contribution in [3.05, 3.63) is 23.2 Å². The Hall–Kier alpha value is -1.42. The van der Waals surface area contributed by atoms with Crippen LogP contribution in [0, 0.1) is 5.92 Å². The van der Waals surface area contributed by atoms with Gasteiger partial charge in [-0.3, -0.25) is 4.79 Å². The Balaban J connectivity index is 1.68. The second-order valence-corrected chi connectivity index (χ2v) is 5.79. The van der Waals surface area contributed by atoms with Crippen LogP contribution in [0.4, 0.5) is 5.69 Å². The molecule has 1 saturated heterocycles. The first-order chi connectivity index (χ1) is 9.67. The average Bonchev–Trinajstić information content (AvgIpc) is 3.13. The van der Waals surface area contributed by atoms with Gasteiger partial charge < -0.3 is 14.4 Å². The van der Waals surface area contributed by atoms with Crippen LogP contribution >= 0.6 is 11.6 Å². The van der Waals surface area contributed by atoms with E-state index in [9.17, 15) is 4.79 Å². The number of nitrogens with zero attached hydrogens (tertiary/aromatic N) is 1. The number of rotatable bonds is 4. The summed E-state index contributed by atoms with van der Waals surface area (Å²) < 4.78 is 10.5. The highest BCUT2D eigenvalue weighted by molar-refractivity contribution is 6.32. The molecule has 3 rings (SSSR count). The van der Waals surface area contributed by atoms with E-state index in [0.29, 0.717) is 17.7 Å². The van der Waals surface area contributed by atoms with Gasteiger partial charge in [0.15, 0.2) is 0 Å². The Morgan fingerprint density at radius 3 is 2.80 bits per heavy atom. The largest absolute Gasteiger partial charge is 0.489 e. The van der Waals surface area contributed by atoms with Gasteiger partial charge >= 0.3 is 5.97 Å². The van der Waals surface area contributed by atoms with Crippen LogP contribution in [0.5, 0.6) is 5.75 Å². The summed E-state index contributed by atoms with van der Waals surface area (Å²) in [6, 6.07) is 5.84. The summed E-state index contributed by atoms with van der Waals surface area (Å²) in [5.74, 6) is 0.579. The Kier molecular flexibility index (Phi) is 3.74. The third kappa shape index (κ3) is 2.85. The van der Waals surface area contributed by atoms with Gasteiger partial charge in [0.25, 0.3) is 0 Å². The van der Waals surface area contributed by atoms with Gasteiger partial charge in [0.1, 0.15) is 5.75 Å². The fourth-order valence-electron chi connectivity index (χ4n) is 2.50. The summed E-state index contributed by atoms with van der Waals surface area (Å²) >= 11 is 6.26. The molecule has 1 aliphatic heterocycles. The van der Waals surface area contributed by atoms with E-state index in [4.69, 9.17) is 21.1 Å². The summed E-state index contributed by atoms with van der Waals surface area (Å²) in [7, 11) is 1.44. The monoisotopic (exact) mass is 295 g/mol. The highest BCUT2D eigenvalue weighted by Gasteiger charge is 2.29. The number of hydrogen-bond donors (Lipinski definition) is 0. The summed E-state index contributed by atoms with van der Waals surface area (Å²) in [6.07, 6.45) is 3.40. The van der Waals surface area contributed by atoms with Crippen molar-refractivity contribution in [1.29, 1.82) is 0 Å². The van der Waals surface area contributed by atoms with Crippen LogP contribution in [0.2, 0.25) is 5.02 Å². The molecule has 2 aliphatic rings. The van der Waals surface area contributed by atoms with E-state index >= 15 is 0 Å². The highest BCUT2D eigenvalue weighted by Crippen LogP contribution is 2.35. The summed E-state index contributed by atoms with van der Waals surface area (Å²) in [5.41, 5.74) is 1.03. The normalized spacial score (nSPS) is 21.9. The van der Waals surface area contributed by atoms with Crippen LogP contribution in [0.25, 0.3) is 0 Å². The van der Waals surface area contributed by atoms with Gasteiger partial charge in [-0.1, -0.05) is 11.6 Å². The second kappa shape index (κ2) is 5.52. The number of halogens is 1. The minimum atomic E-state index is -0.132. The van der Waals surface area contributed by atoms with Gasteiger partial charge in [-0.05, 0) is 37.5 Å². The first kappa shape index (κ1) is 13.6. The minimum absolute atomic E-state index is 0.0406. The van der Waals surface area contributed by atoms with Crippen molar-refractivity contribution in [1.82, 2.24) is 0 Å². The first-order valence-electron chi connectivity index (χ1n) is 6.96. The number of ether oxygens (including phenoxy) is 2. The molecule has 1 heterocycles. The van der Waals surface area contributed by atoms with Crippen LogP contribution in [-0.4, -0.2) is 32.3 Å². The third-order valence-corrected chi connectivity index (χ3v) is 4.12. The Morgan fingerprint density at radius 1 is 1.35 bits per heavy atom. The SMILES string of the molecule is COC(=O)C1CCN(c2ccc(OC3CC3)c(Cl)c2)C1. The van der Waals surface area contributed by atoms with E-state index in [-0.39, 0.29) is 11.9 Å². The quantitative estimate of drug-likeness (QED) is 0.801. The van der Waals surface area contributed by atoms with Crippen LogP contribution in [0.15, 0.2) is 18.2 Å². The Morgan fingerprint density at radius 2 is 2.15 bits per heavy atom. The van der Waals surface area contributed by atoms with E-state index in [1.54, 1.807) is 0 Å². The molecular formula is C15H18ClNO3. The van der Waals surface area contributed by atoms with Crippen molar-refractivity contribution in [2.24, 2.45) is 5.92 Å². The van der Waals surface area contributed by atoms with Crippen molar-refractivity contribution in [2.45, 2.75) is 25.4 Å². The molecule has 2 fully saturated rings. The van der Waals surface area contributed by atoms with E-state index < -0.39 is 0 Å². The molecular weight excluding hydrogens is 278 g/mol. The minimum Gasteiger partial charge on any atom is -0.489 e. The number of esters is 1. The molecule has 5 heteroatoms. The van der Waals surface area contributed by atoms with Crippen molar-refractivity contribution in [3.63, 3.8) is 0 Å². The predicted octanol–water partition coefficient (Wildman–Crippen LogP) is 2.88. The number of hydrogen-bond acceptors (Lipinski definition) is 4. The zero-order chi connectivity index (χ0) is 14.1. The van der Waals surface area contributed by atoms with Crippen LogP contribution in [-0.2, 0) is 9.53 Å². The molecule has 20 heavy (non-hydrogen) atoms. The van der Waals surface area contributed by atoms with Crippen molar-refractivity contribution in [3.8, 4) is 5.75 Å². The molecule has 0 spiro atoms. The molecule has 1 aromatic carbocycles. The highest BCUT2D eigenvalue weighted by atomic mass is 35.5. The smallest absolute Gasteiger partial charge is 0.310 e. The summed E-state index contributed by atoms with van der Waals surface area (Å²) in [5, 5.41) is 0.635. The zero-order valence-electron chi connectivity index (χ0n) is 11.5. The molecule has 1 saturated carbocycles. The Bertz CT molecular complexity index is 516. The lowest BCUT2D eigenvalue weighted by Gasteiger charge is -2.19. The fourth-order valence-corrected chi connectivity index (χ4v) is 2.72. The van der Waals surface area contributed by atoms with E-state index in [1.807, 2.05) is 18.2 Å². The van der Waals surface area contributed by atoms with Gasteiger partial charge in [0, 0.05) is 18.8 Å². The molecule has 108 valence electrons. The van der Waals surface area contributed by atoms with E-state index in [2.05, 4.69) is 4.90 Å². The molecule has 0 bridgehead atoms. The van der Waals surface area contributed by atoms with Crippen LogP contribution < -0.4 is 9.64 Å². The molecule has 4 nitrogen and oxygen atoms in total. The number of carbonyl (C=O) groups excluding carboxylic acids is 1. The van der Waals surface area contributed by atoms with Crippen molar-refractivity contribution < 1.29 is 14.3 Å².